The highest BCUT2D eigenvalue weighted by Crippen LogP contribution is 2.14. The topological polar surface area (TPSA) is 78.9 Å². The van der Waals surface area contributed by atoms with Gasteiger partial charge < -0.3 is 14.2 Å². The van der Waals surface area contributed by atoms with Gasteiger partial charge in [0.05, 0.1) is 0 Å². The van der Waals surface area contributed by atoms with Crippen molar-refractivity contribution in [1.82, 2.24) is 0 Å². The first-order valence-electron chi connectivity index (χ1n) is 23.6. The van der Waals surface area contributed by atoms with E-state index in [9.17, 15) is 14.4 Å². The Morgan fingerprint density at radius 1 is 0.375 bits per heavy atom. The first-order valence-corrected chi connectivity index (χ1v) is 23.6. The van der Waals surface area contributed by atoms with Crippen LogP contribution in [0.2, 0.25) is 0 Å². The minimum absolute atomic E-state index is 0.0860. The Labute approximate surface area is 346 Å². The minimum atomic E-state index is -0.787. The molecule has 0 saturated heterocycles. The number of ether oxygens (including phenoxy) is 3. The third kappa shape index (κ3) is 42.5. The molecular formula is C50H88O6. The molecule has 0 amide bonds. The first kappa shape index (κ1) is 53.4. The van der Waals surface area contributed by atoms with E-state index in [2.05, 4.69) is 69.4 Å². The van der Waals surface area contributed by atoms with Gasteiger partial charge in [0.2, 0.25) is 0 Å². The lowest BCUT2D eigenvalue weighted by molar-refractivity contribution is -0.167. The second kappa shape index (κ2) is 45.1. The summed E-state index contributed by atoms with van der Waals surface area (Å²) in [6, 6.07) is 0. The van der Waals surface area contributed by atoms with Crippen LogP contribution in [0.3, 0.4) is 0 Å². The van der Waals surface area contributed by atoms with Crippen molar-refractivity contribution in [3.8, 4) is 0 Å². The molecule has 56 heavy (non-hydrogen) atoms. The second-order valence-electron chi connectivity index (χ2n) is 15.6. The summed E-state index contributed by atoms with van der Waals surface area (Å²) in [5.41, 5.74) is 0. The molecule has 1 atom stereocenters. The van der Waals surface area contributed by atoms with Crippen LogP contribution in [-0.2, 0) is 28.6 Å². The fraction of sp³-hybridized carbons (Fsp3) is 0.780. The SMILES string of the molecule is CC/C=C\C/C=C\C/C=C\CCCCCC(=O)OC(COC(=O)CCCCCCC/C=C\CCCCCCC)COC(=O)CCCCCCCCCCCCC. The average Bonchev–Trinajstić information content (AvgIpc) is 3.19. The van der Waals surface area contributed by atoms with Crippen LogP contribution in [0.15, 0.2) is 48.6 Å². The molecule has 0 aromatic rings. The lowest BCUT2D eigenvalue weighted by Gasteiger charge is -2.18. The van der Waals surface area contributed by atoms with E-state index in [4.69, 9.17) is 14.2 Å². The smallest absolute Gasteiger partial charge is 0.306 e. The Morgan fingerprint density at radius 2 is 0.696 bits per heavy atom. The zero-order valence-corrected chi connectivity index (χ0v) is 36.9. The normalized spacial score (nSPS) is 12.4. The van der Waals surface area contributed by atoms with Gasteiger partial charge in [0, 0.05) is 19.3 Å². The first-order chi connectivity index (χ1) is 27.5. The van der Waals surface area contributed by atoms with Gasteiger partial charge >= 0.3 is 17.9 Å². The fourth-order valence-electron chi connectivity index (χ4n) is 6.51. The van der Waals surface area contributed by atoms with E-state index in [1.165, 1.54) is 103 Å². The number of allylic oxidation sites excluding steroid dienone is 8. The number of hydrogen-bond donors (Lipinski definition) is 0. The zero-order valence-electron chi connectivity index (χ0n) is 36.9. The molecule has 0 aromatic carbocycles. The molecule has 0 N–H and O–H groups in total. The maximum absolute atomic E-state index is 12.7. The Balaban J connectivity index is 4.42. The fourth-order valence-corrected chi connectivity index (χ4v) is 6.51. The van der Waals surface area contributed by atoms with Gasteiger partial charge in [-0.25, -0.2) is 0 Å². The third-order valence-corrected chi connectivity index (χ3v) is 10.1. The lowest BCUT2D eigenvalue weighted by Crippen LogP contribution is -2.30. The van der Waals surface area contributed by atoms with E-state index in [-0.39, 0.29) is 31.1 Å². The van der Waals surface area contributed by atoms with Crippen LogP contribution >= 0.6 is 0 Å². The number of hydrogen-bond acceptors (Lipinski definition) is 6. The van der Waals surface area contributed by atoms with Crippen molar-refractivity contribution in [3.63, 3.8) is 0 Å². The van der Waals surface area contributed by atoms with E-state index in [1.807, 2.05) is 0 Å². The Bertz CT molecular complexity index is 996. The van der Waals surface area contributed by atoms with Crippen LogP contribution in [-0.4, -0.2) is 37.2 Å². The number of carbonyl (C=O) groups is 3. The molecule has 0 aliphatic heterocycles. The second-order valence-corrected chi connectivity index (χ2v) is 15.6. The molecule has 6 nitrogen and oxygen atoms in total. The van der Waals surface area contributed by atoms with Crippen molar-refractivity contribution in [3.05, 3.63) is 48.6 Å². The average molecular weight is 785 g/mol. The maximum Gasteiger partial charge on any atom is 0.306 e. The Morgan fingerprint density at radius 3 is 1.12 bits per heavy atom. The summed E-state index contributed by atoms with van der Waals surface area (Å²) in [6.07, 6.45) is 52.3. The van der Waals surface area contributed by atoms with Gasteiger partial charge in [-0.2, -0.15) is 0 Å². The largest absolute Gasteiger partial charge is 0.462 e. The van der Waals surface area contributed by atoms with E-state index in [0.717, 1.165) is 89.9 Å². The van der Waals surface area contributed by atoms with Gasteiger partial charge in [0.15, 0.2) is 6.10 Å². The van der Waals surface area contributed by atoms with Crippen molar-refractivity contribution >= 4 is 17.9 Å². The number of unbranched alkanes of at least 4 members (excludes halogenated alkanes) is 23. The van der Waals surface area contributed by atoms with Crippen LogP contribution in [0.1, 0.15) is 233 Å². The molecule has 0 aromatic heterocycles. The van der Waals surface area contributed by atoms with Gasteiger partial charge in [0.1, 0.15) is 13.2 Å². The number of esters is 3. The maximum atomic E-state index is 12.7. The number of rotatable bonds is 42. The van der Waals surface area contributed by atoms with Gasteiger partial charge in [-0.05, 0) is 77.0 Å². The van der Waals surface area contributed by atoms with Gasteiger partial charge in [0.25, 0.3) is 0 Å². The van der Waals surface area contributed by atoms with Crippen LogP contribution in [0.25, 0.3) is 0 Å². The van der Waals surface area contributed by atoms with Crippen molar-refractivity contribution in [2.75, 3.05) is 13.2 Å². The Kier molecular flexibility index (Phi) is 43.0. The van der Waals surface area contributed by atoms with Gasteiger partial charge in [-0.15, -0.1) is 0 Å². The molecule has 0 rings (SSSR count). The monoisotopic (exact) mass is 785 g/mol. The minimum Gasteiger partial charge on any atom is -0.462 e. The lowest BCUT2D eigenvalue weighted by atomic mass is 10.1. The molecular weight excluding hydrogens is 697 g/mol. The number of carbonyl (C=O) groups excluding carboxylic acids is 3. The summed E-state index contributed by atoms with van der Waals surface area (Å²) in [6.45, 7) is 6.47. The highest BCUT2D eigenvalue weighted by molar-refractivity contribution is 5.71. The molecule has 0 radical (unpaired) electrons. The molecule has 0 heterocycles. The van der Waals surface area contributed by atoms with Crippen LogP contribution in [0, 0.1) is 0 Å². The van der Waals surface area contributed by atoms with Crippen LogP contribution in [0.5, 0.6) is 0 Å². The highest BCUT2D eigenvalue weighted by Gasteiger charge is 2.19. The summed E-state index contributed by atoms with van der Waals surface area (Å²) in [7, 11) is 0. The van der Waals surface area contributed by atoms with Crippen LogP contribution in [0.4, 0.5) is 0 Å². The summed E-state index contributed by atoms with van der Waals surface area (Å²) in [5.74, 6) is -0.924. The zero-order chi connectivity index (χ0) is 40.8. The van der Waals surface area contributed by atoms with Gasteiger partial charge in [-0.3, -0.25) is 14.4 Å². The molecule has 0 aliphatic carbocycles. The summed E-state index contributed by atoms with van der Waals surface area (Å²) in [4.78, 5) is 37.8. The van der Waals surface area contributed by atoms with Crippen molar-refractivity contribution in [1.29, 1.82) is 0 Å². The molecule has 0 spiro atoms. The highest BCUT2D eigenvalue weighted by atomic mass is 16.6. The molecule has 324 valence electrons. The van der Waals surface area contributed by atoms with Crippen molar-refractivity contribution < 1.29 is 28.6 Å². The molecule has 1 unspecified atom stereocenters. The molecule has 0 aliphatic rings. The van der Waals surface area contributed by atoms with Crippen LogP contribution < -0.4 is 0 Å². The van der Waals surface area contributed by atoms with E-state index >= 15 is 0 Å². The van der Waals surface area contributed by atoms with Gasteiger partial charge in [-0.1, -0.05) is 185 Å². The van der Waals surface area contributed by atoms with E-state index in [1.54, 1.807) is 0 Å². The molecule has 0 bridgehead atoms. The third-order valence-electron chi connectivity index (χ3n) is 10.1. The predicted molar refractivity (Wildman–Crippen MR) is 238 cm³/mol. The standard InChI is InChI=1S/C50H88O6/c1-4-7-10-13-16-19-22-24-26-28-31-34-37-40-43-49(52)55-46-47(45-54-48(51)42-39-36-33-30-27-21-18-15-12-9-6-3)56-50(53)44-41-38-35-32-29-25-23-20-17-14-11-8-5-2/h8,11,17,20,22,24-25,29,47H,4-7,9-10,12-16,18-19,21,23,26-28,30-46H2,1-3H3/b11-8-,20-17-,24-22-,29-25-. The molecule has 0 saturated carbocycles. The Hall–Kier alpha value is -2.63. The molecule has 6 heteroatoms. The van der Waals surface area contributed by atoms with E-state index < -0.39 is 6.10 Å². The van der Waals surface area contributed by atoms with Crippen molar-refractivity contribution in [2.24, 2.45) is 0 Å². The van der Waals surface area contributed by atoms with E-state index in [0.29, 0.717) is 19.3 Å². The summed E-state index contributed by atoms with van der Waals surface area (Å²) in [5, 5.41) is 0. The summed E-state index contributed by atoms with van der Waals surface area (Å²) < 4.78 is 16.7. The quantitative estimate of drug-likeness (QED) is 0.0265. The molecule has 0 fully saturated rings. The van der Waals surface area contributed by atoms with Crippen molar-refractivity contribution in [2.45, 2.75) is 239 Å². The summed E-state index contributed by atoms with van der Waals surface area (Å²) >= 11 is 0. The predicted octanol–water partition coefficient (Wildman–Crippen LogP) is 15.1.